The lowest BCUT2D eigenvalue weighted by atomic mass is 9.91. The average Bonchev–Trinajstić information content (AvgIpc) is 3.07. The fraction of sp³-hybridized carbons (Fsp3) is 0.545. The fourth-order valence-corrected chi connectivity index (χ4v) is 3.30. The number of anilines is 1. The van der Waals surface area contributed by atoms with Crippen molar-refractivity contribution < 1.29 is 9.90 Å². The van der Waals surface area contributed by atoms with Gasteiger partial charge in [-0.25, -0.2) is 0 Å². The van der Waals surface area contributed by atoms with Gasteiger partial charge in [0.1, 0.15) is 5.01 Å². The SMILES string of the molecule is Cc1nnc(N2C[C@H](CC(=O)O)[C@H](c3cn[nH]n3)C2)s1. The molecule has 0 spiro atoms. The molecule has 2 aromatic rings. The van der Waals surface area contributed by atoms with Crippen LogP contribution < -0.4 is 4.90 Å². The topological polar surface area (TPSA) is 108 Å². The van der Waals surface area contributed by atoms with Crippen molar-refractivity contribution >= 4 is 22.4 Å². The Balaban J connectivity index is 1.82. The molecular formula is C11H14N6O2S. The molecule has 0 aliphatic carbocycles. The maximum Gasteiger partial charge on any atom is 0.303 e. The number of aromatic amines is 1. The summed E-state index contributed by atoms with van der Waals surface area (Å²) in [6.07, 6.45) is 1.78. The number of aliphatic carboxylic acids is 1. The number of nitrogens with one attached hydrogen (secondary N) is 1. The molecule has 1 aliphatic rings. The van der Waals surface area contributed by atoms with Gasteiger partial charge in [0.05, 0.1) is 18.3 Å². The third-order valence-corrected chi connectivity index (χ3v) is 4.38. The molecule has 0 saturated carbocycles. The molecule has 0 aromatic carbocycles. The summed E-state index contributed by atoms with van der Waals surface area (Å²) in [5, 5.41) is 29.4. The van der Waals surface area contributed by atoms with Crippen LogP contribution in [0.3, 0.4) is 0 Å². The normalized spacial score (nSPS) is 22.4. The van der Waals surface area contributed by atoms with Gasteiger partial charge in [-0.05, 0) is 12.8 Å². The Bertz CT molecular complexity index is 598. The van der Waals surface area contributed by atoms with Crippen LogP contribution in [0.4, 0.5) is 5.13 Å². The minimum atomic E-state index is -0.793. The minimum absolute atomic E-state index is 0.00167. The first kappa shape index (κ1) is 13.0. The molecule has 1 fully saturated rings. The molecule has 0 amide bonds. The van der Waals surface area contributed by atoms with E-state index in [1.165, 1.54) is 11.3 Å². The van der Waals surface area contributed by atoms with Crippen molar-refractivity contribution in [2.45, 2.75) is 19.3 Å². The monoisotopic (exact) mass is 294 g/mol. The number of hydrogen-bond donors (Lipinski definition) is 2. The number of aromatic nitrogens is 5. The van der Waals surface area contributed by atoms with Crippen LogP contribution in [0.15, 0.2) is 6.20 Å². The molecule has 3 heterocycles. The van der Waals surface area contributed by atoms with E-state index >= 15 is 0 Å². The van der Waals surface area contributed by atoms with Crippen molar-refractivity contribution in [3.63, 3.8) is 0 Å². The maximum atomic E-state index is 11.0. The van der Waals surface area contributed by atoms with Gasteiger partial charge >= 0.3 is 5.97 Å². The molecule has 1 aliphatic heterocycles. The smallest absolute Gasteiger partial charge is 0.303 e. The van der Waals surface area contributed by atoms with Crippen molar-refractivity contribution in [3.8, 4) is 0 Å². The first-order valence-corrected chi connectivity index (χ1v) is 7.07. The van der Waals surface area contributed by atoms with Crippen molar-refractivity contribution in [3.05, 3.63) is 16.9 Å². The largest absolute Gasteiger partial charge is 0.481 e. The van der Waals surface area contributed by atoms with E-state index in [0.717, 1.165) is 15.8 Å². The third kappa shape index (κ3) is 2.48. The minimum Gasteiger partial charge on any atom is -0.481 e. The predicted molar refractivity (Wildman–Crippen MR) is 71.7 cm³/mol. The quantitative estimate of drug-likeness (QED) is 0.852. The number of aryl methyl sites for hydroxylation is 1. The Morgan fingerprint density at radius 2 is 2.40 bits per heavy atom. The Labute approximate surface area is 118 Å². The van der Waals surface area contributed by atoms with Gasteiger partial charge in [0, 0.05) is 19.0 Å². The Kier molecular flexibility index (Phi) is 3.35. The van der Waals surface area contributed by atoms with E-state index in [-0.39, 0.29) is 18.3 Å². The summed E-state index contributed by atoms with van der Waals surface area (Å²) in [4.78, 5) is 13.1. The Hall–Kier alpha value is -2.03. The van der Waals surface area contributed by atoms with E-state index in [2.05, 4.69) is 30.5 Å². The number of hydrogen-bond acceptors (Lipinski definition) is 7. The molecule has 9 heteroatoms. The average molecular weight is 294 g/mol. The lowest BCUT2D eigenvalue weighted by molar-refractivity contribution is -0.138. The van der Waals surface area contributed by atoms with E-state index in [9.17, 15) is 4.79 Å². The summed E-state index contributed by atoms with van der Waals surface area (Å²) in [6.45, 7) is 3.25. The zero-order chi connectivity index (χ0) is 14.1. The van der Waals surface area contributed by atoms with Crippen LogP contribution in [0.25, 0.3) is 0 Å². The van der Waals surface area contributed by atoms with Crippen molar-refractivity contribution in [2.24, 2.45) is 5.92 Å². The molecule has 20 heavy (non-hydrogen) atoms. The van der Waals surface area contributed by atoms with Crippen LogP contribution in [-0.4, -0.2) is 49.8 Å². The van der Waals surface area contributed by atoms with Crippen molar-refractivity contribution in [1.29, 1.82) is 0 Å². The molecule has 2 aromatic heterocycles. The lowest BCUT2D eigenvalue weighted by Gasteiger charge is -2.12. The molecule has 0 unspecified atom stereocenters. The van der Waals surface area contributed by atoms with Crippen molar-refractivity contribution in [2.75, 3.05) is 18.0 Å². The molecule has 1 saturated heterocycles. The van der Waals surface area contributed by atoms with Crippen LogP contribution in [-0.2, 0) is 4.79 Å². The summed E-state index contributed by atoms with van der Waals surface area (Å²) in [7, 11) is 0. The Morgan fingerprint density at radius 3 is 3.00 bits per heavy atom. The molecule has 2 atom stereocenters. The molecule has 2 N–H and O–H groups in total. The number of nitrogens with zero attached hydrogens (tertiary/aromatic N) is 5. The number of rotatable bonds is 4. The summed E-state index contributed by atoms with van der Waals surface area (Å²) >= 11 is 1.52. The van der Waals surface area contributed by atoms with E-state index in [0.29, 0.717) is 13.1 Å². The molecule has 0 bridgehead atoms. The lowest BCUT2D eigenvalue weighted by Crippen LogP contribution is -2.20. The zero-order valence-corrected chi connectivity index (χ0v) is 11.7. The second kappa shape index (κ2) is 5.16. The maximum absolute atomic E-state index is 11.0. The van der Waals surface area contributed by atoms with Crippen LogP contribution in [0.1, 0.15) is 23.0 Å². The van der Waals surface area contributed by atoms with Gasteiger partial charge < -0.3 is 10.0 Å². The molecule has 8 nitrogen and oxygen atoms in total. The van der Waals surface area contributed by atoms with E-state index in [1.54, 1.807) is 6.20 Å². The fourth-order valence-electron chi connectivity index (χ4n) is 2.60. The summed E-state index contributed by atoms with van der Waals surface area (Å²) < 4.78 is 0. The van der Waals surface area contributed by atoms with Gasteiger partial charge in [0.2, 0.25) is 5.13 Å². The van der Waals surface area contributed by atoms with Gasteiger partial charge in [-0.2, -0.15) is 15.4 Å². The molecule has 0 radical (unpaired) electrons. The molecule has 106 valence electrons. The van der Waals surface area contributed by atoms with E-state index in [4.69, 9.17) is 5.11 Å². The van der Waals surface area contributed by atoms with Crippen molar-refractivity contribution in [1.82, 2.24) is 25.6 Å². The first-order valence-electron chi connectivity index (χ1n) is 6.26. The van der Waals surface area contributed by atoms with Gasteiger partial charge in [-0.15, -0.1) is 10.2 Å². The second-order valence-corrected chi connectivity index (χ2v) is 6.03. The van der Waals surface area contributed by atoms with E-state index in [1.807, 2.05) is 6.92 Å². The number of carboxylic acid groups (broad SMARTS) is 1. The third-order valence-electron chi connectivity index (χ3n) is 3.48. The number of carboxylic acids is 1. The standard InChI is InChI=1S/C11H14N6O2S/c1-6-13-15-11(20-6)17-4-7(2-10(18)19)8(5-17)9-3-12-16-14-9/h3,7-8H,2,4-5H2,1H3,(H,18,19)(H,12,14,16)/t7-,8+/m0/s1. The molecular weight excluding hydrogens is 280 g/mol. The van der Waals surface area contributed by atoms with Gasteiger partial charge in [-0.3, -0.25) is 4.79 Å². The van der Waals surface area contributed by atoms with Crippen LogP contribution in [0.2, 0.25) is 0 Å². The van der Waals surface area contributed by atoms with Gasteiger partial charge in [0.15, 0.2) is 0 Å². The zero-order valence-electron chi connectivity index (χ0n) is 10.9. The highest BCUT2D eigenvalue weighted by Gasteiger charge is 2.37. The summed E-state index contributed by atoms with van der Waals surface area (Å²) in [6, 6.07) is 0. The predicted octanol–water partition coefficient (Wildman–Crippen LogP) is 0.659. The molecule has 3 rings (SSSR count). The van der Waals surface area contributed by atoms with Gasteiger partial charge in [-0.1, -0.05) is 11.3 Å². The number of H-pyrrole nitrogens is 1. The first-order chi connectivity index (χ1) is 9.63. The van der Waals surface area contributed by atoms with Crippen LogP contribution in [0.5, 0.6) is 0 Å². The Morgan fingerprint density at radius 1 is 1.55 bits per heavy atom. The van der Waals surface area contributed by atoms with E-state index < -0.39 is 5.97 Å². The van der Waals surface area contributed by atoms with Crippen LogP contribution >= 0.6 is 11.3 Å². The van der Waals surface area contributed by atoms with Crippen LogP contribution in [0, 0.1) is 12.8 Å². The summed E-state index contributed by atoms with van der Waals surface area (Å²) in [5.74, 6) is -0.741. The highest BCUT2D eigenvalue weighted by Crippen LogP contribution is 2.36. The summed E-state index contributed by atoms with van der Waals surface area (Å²) in [5.41, 5.74) is 0.806. The highest BCUT2D eigenvalue weighted by atomic mass is 32.1. The highest BCUT2D eigenvalue weighted by molar-refractivity contribution is 7.15. The van der Waals surface area contributed by atoms with Gasteiger partial charge in [0.25, 0.3) is 0 Å². The number of carbonyl (C=O) groups is 1. The second-order valence-electron chi connectivity index (χ2n) is 4.87.